The van der Waals surface area contributed by atoms with Crippen molar-refractivity contribution in [1.82, 2.24) is 19.5 Å². The van der Waals surface area contributed by atoms with Gasteiger partial charge in [0, 0.05) is 30.5 Å². The van der Waals surface area contributed by atoms with Gasteiger partial charge in [-0.1, -0.05) is 23.7 Å². The monoisotopic (exact) mass is 486 g/mol. The predicted molar refractivity (Wildman–Crippen MR) is 121 cm³/mol. The van der Waals surface area contributed by atoms with Crippen molar-refractivity contribution < 1.29 is 13.2 Å². The minimum Gasteiger partial charge on any atom is -0.324 e. The van der Waals surface area contributed by atoms with Crippen molar-refractivity contribution in [3.05, 3.63) is 81.0 Å². The Morgan fingerprint density at radius 1 is 1.27 bits per heavy atom. The van der Waals surface area contributed by atoms with Crippen molar-refractivity contribution in [2.24, 2.45) is 0 Å². The number of nitrogens with one attached hydrogen (secondary N) is 2. The maximum atomic E-state index is 12.8. The van der Waals surface area contributed by atoms with Crippen LogP contribution in [-0.4, -0.2) is 35.6 Å². The molecule has 1 aromatic carbocycles. The molecule has 0 bridgehead atoms. The molecule has 170 valence electrons. The second-order valence-electron chi connectivity index (χ2n) is 6.94. The summed E-state index contributed by atoms with van der Waals surface area (Å²) in [6.45, 7) is 1.31. The van der Waals surface area contributed by atoms with Crippen LogP contribution >= 0.6 is 11.6 Å². The highest BCUT2D eigenvalue weighted by atomic mass is 35.5. The van der Waals surface area contributed by atoms with Crippen LogP contribution in [0.4, 0.5) is 5.69 Å². The number of hydrogen-bond acceptors (Lipinski definition) is 7. The Morgan fingerprint density at radius 2 is 2.06 bits per heavy atom. The van der Waals surface area contributed by atoms with Crippen LogP contribution in [0.1, 0.15) is 16.8 Å². The first-order chi connectivity index (χ1) is 15.7. The van der Waals surface area contributed by atoms with E-state index in [0.29, 0.717) is 12.0 Å². The molecule has 3 rings (SSSR count). The van der Waals surface area contributed by atoms with E-state index < -0.39 is 28.0 Å². The van der Waals surface area contributed by atoms with E-state index in [1.54, 1.807) is 43.5 Å². The molecule has 0 spiro atoms. The molecule has 0 saturated carbocycles. The summed E-state index contributed by atoms with van der Waals surface area (Å²) in [5.41, 5.74) is 0.346. The van der Waals surface area contributed by atoms with E-state index in [0.717, 1.165) is 16.6 Å². The number of halogens is 1. The Bertz CT molecular complexity index is 1380. The Kier molecular flexibility index (Phi) is 7.55. The summed E-state index contributed by atoms with van der Waals surface area (Å²) >= 11 is 5.75. The number of sulfonamides is 1. The molecule has 0 fully saturated rings. The SMILES string of the molecule is Cc1ccc(NC(=O)Cn2ncc(Cl)c(C#N)c2=O)cc1S(=O)(=O)NCCc1ccccn1. The molecule has 1 amide bonds. The Morgan fingerprint density at radius 3 is 2.76 bits per heavy atom. The van der Waals surface area contributed by atoms with Gasteiger partial charge in [0.25, 0.3) is 5.56 Å². The van der Waals surface area contributed by atoms with Gasteiger partial charge in [-0.15, -0.1) is 0 Å². The summed E-state index contributed by atoms with van der Waals surface area (Å²) in [6.07, 6.45) is 3.15. The van der Waals surface area contributed by atoms with Crippen molar-refractivity contribution in [2.45, 2.75) is 24.8 Å². The number of carbonyl (C=O) groups excluding carboxylic acids is 1. The molecule has 0 unspecified atom stereocenters. The zero-order chi connectivity index (χ0) is 24.0. The van der Waals surface area contributed by atoms with E-state index in [1.807, 2.05) is 6.07 Å². The number of nitriles is 1. The van der Waals surface area contributed by atoms with Crippen molar-refractivity contribution in [2.75, 3.05) is 11.9 Å². The van der Waals surface area contributed by atoms with Gasteiger partial charge < -0.3 is 5.32 Å². The number of aromatic nitrogens is 3. The highest BCUT2D eigenvalue weighted by Gasteiger charge is 2.18. The molecule has 0 atom stereocenters. The lowest BCUT2D eigenvalue weighted by Crippen LogP contribution is -2.31. The minimum atomic E-state index is -3.85. The molecule has 10 nitrogen and oxygen atoms in total. The molecule has 12 heteroatoms. The molecule has 2 N–H and O–H groups in total. The number of carbonyl (C=O) groups is 1. The summed E-state index contributed by atoms with van der Waals surface area (Å²) in [5, 5.41) is 15.2. The molecule has 2 heterocycles. The average molecular weight is 487 g/mol. The third-order valence-corrected chi connectivity index (χ3v) is 6.45. The van der Waals surface area contributed by atoms with Gasteiger partial charge >= 0.3 is 0 Å². The van der Waals surface area contributed by atoms with Gasteiger partial charge in [0.05, 0.1) is 16.1 Å². The van der Waals surface area contributed by atoms with Crippen LogP contribution in [-0.2, 0) is 27.8 Å². The molecule has 0 aliphatic carbocycles. The van der Waals surface area contributed by atoms with Gasteiger partial charge in [0.2, 0.25) is 15.9 Å². The maximum Gasteiger partial charge on any atom is 0.286 e. The van der Waals surface area contributed by atoms with E-state index >= 15 is 0 Å². The summed E-state index contributed by atoms with van der Waals surface area (Å²) in [5.74, 6) is -0.633. The summed E-state index contributed by atoms with van der Waals surface area (Å²) in [4.78, 5) is 28.7. The van der Waals surface area contributed by atoms with Gasteiger partial charge in [-0.3, -0.25) is 14.6 Å². The van der Waals surface area contributed by atoms with E-state index in [-0.39, 0.29) is 27.7 Å². The molecule has 3 aromatic rings. The fourth-order valence-electron chi connectivity index (χ4n) is 2.92. The van der Waals surface area contributed by atoms with Crippen LogP contribution in [0.25, 0.3) is 0 Å². The first kappa shape index (κ1) is 24.1. The van der Waals surface area contributed by atoms with E-state index in [1.165, 1.54) is 6.07 Å². The number of anilines is 1. The summed E-state index contributed by atoms with van der Waals surface area (Å²) in [6, 6.07) is 11.5. The molecule has 33 heavy (non-hydrogen) atoms. The standard InChI is InChI=1S/C21H19ClN6O4S/c1-14-5-6-16(27-20(29)13-28-21(30)17(11-23)18(22)12-25-28)10-19(14)33(31,32)26-9-7-15-4-2-3-8-24-15/h2-6,8,10,12,26H,7,9,13H2,1H3,(H,27,29). The Hall–Kier alpha value is -3.59. The minimum absolute atomic E-state index is 0.00914. The van der Waals surface area contributed by atoms with Crippen molar-refractivity contribution in [1.29, 1.82) is 5.26 Å². The zero-order valence-electron chi connectivity index (χ0n) is 17.4. The average Bonchev–Trinajstić information content (AvgIpc) is 2.78. The van der Waals surface area contributed by atoms with Crippen LogP contribution in [0.2, 0.25) is 5.02 Å². The third-order valence-electron chi connectivity index (χ3n) is 4.56. The number of pyridine rings is 1. The second kappa shape index (κ2) is 10.4. The largest absolute Gasteiger partial charge is 0.324 e. The van der Waals surface area contributed by atoms with Gasteiger partial charge in [0.1, 0.15) is 18.2 Å². The fourth-order valence-corrected chi connectivity index (χ4v) is 4.39. The molecule has 0 aliphatic heterocycles. The highest BCUT2D eigenvalue weighted by molar-refractivity contribution is 7.89. The Labute approximate surface area is 194 Å². The molecule has 0 radical (unpaired) electrons. The van der Waals surface area contributed by atoms with Crippen molar-refractivity contribution >= 4 is 33.2 Å². The number of amides is 1. The van der Waals surface area contributed by atoms with Crippen LogP contribution in [0.5, 0.6) is 0 Å². The van der Waals surface area contributed by atoms with Gasteiger partial charge in [0.15, 0.2) is 0 Å². The summed E-state index contributed by atoms with van der Waals surface area (Å²) in [7, 11) is -3.85. The number of nitrogens with zero attached hydrogens (tertiary/aromatic N) is 4. The van der Waals surface area contributed by atoms with Crippen molar-refractivity contribution in [3.63, 3.8) is 0 Å². The number of hydrogen-bond donors (Lipinski definition) is 2. The van der Waals surface area contributed by atoms with Crippen LogP contribution < -0.4 is 15.6 Å². The lowest BCUT2D eigenvalue weighted by molar-refractivity contribution is -0.117. The van der Waals surface area contributed by atoms with Crippen LogP contribution in [0.3, 0.4) is 0 Å². The number of aryl methyl sites for hydroxylation is 1. The molecule has 0 aliphatic rings. The second-order valence-corrected chi connectivity index (χ2v) is 9.08. The lowest BCUT2D eigenvalue weighted by Gasteiger charge is -2.12. The quantitative estimate of drug-likeness (QED) is 0.491. The number of benzene rings is 1. The van der Waals surface area contributed by atoms with E-state index in [4.69, 9.17) is 16.9 Å². The topological polar surface area (TPSA) is 147 Å². The van der Waals surface area contributed by atoms with Gasteiger partial charge in [-0.25, -0.2) is 17.8 Å². The maximum absolute atomic E-state index is 12.8. The van der Waals surface area contributed by atoms with Crippen LogP contribution in [0.15, 0.2) is 58.5 Å². The van der Waals surface area contributed by atoms with E-state index in [2.05, 4.69) is 20.1 Å². The molecule has 2 aromatic heterocycles. The molecular weight excluding hydrogens is 468 g/mol. The first-order valence-electron chi connectivity index (χ1n) is 9.67. The van der Waals surface area contributed by atoms with Gasteiger partial charge in [-0.05, 0) is 36.8 Å². The molecular formula is C21H19ClN6O4S. The fraction of sp³-hybridized carbons (Fsp3) is 0.190. The summed E-state index contributed by atoms with van der Waals surface area (Å²) < 4.78 is 28.9. The third kappa shape index (κ3) is 6.01. The van der Waals surface area contributed by atoms with Gasteiger partial charge in [-0.2, -0.15) is 10.4 Å². The highest BCUT2D eigenvalue weighted by Crippen LogP contribution is 2.20. The Balaban J connectivity index is 1.71. The number of rotatable bonds is 8. The molecule has 0 saturated heterocycles. The van der Waals surface area contributed by atoms with E-state index in [9.17, 15) is 18.0 Å². The first-order valence-corrected chi connectivity index (χ1v) is 11.5. The van der Waals surface area contributed by atoms with Crippen LogP contribution in [0, 0.1) is 18.3 Å². The van der Waals surface area contributed by atoms with Crippen molar-refractivity contribution in [3.8, 4) is 6.07 Å². The smallest absolute Gasteiger partial charge is 0.286 e. The normalized spacial score (nSPS) is 11.1. The predicted octanol–water partition coefficient (Wildman–Crippen LogP) is 1.63. The lowest BCUT2D eigenvalue weighted by atomic mass is 10.2. The zero-order valence-corrected chi connectivity index (χ0v) is 19.0.